The number of rotatable bonds is 7. The van der Waals surface area contributed by atoms with Crippen LogP contribution in [0.3, 0.4) is 0 Å². The summed E-state index contributed by atoms with van der Waals surface area (Å²) in [6.07, 6.45) is 5.49. The molecule has 1 unspecified atom stereocenters. The van der Waals surface area contributed by atoms with Crippen molar-refractivity contribution in [3.63, 3.8) is 0 Å². The van der Waals surface area contributed by atoms with Crippen molar-refractivity contribution in [2.75, 3.05) is 27.3 Å². The molecule has 0 radical (unpaired) electrons. The molecular formula is C26H29N5O3. The third kappa shape index (κ3) is 3.62. The molecule has 2 fully saturated rings. The van der Waals surface area contributed by atoms with E-state index < -0.39 is 5.97 Å². The number of imidazole rings is 1. The molecule has 0 spiro atoms. The zero-order valence-corrected chi connectivity index (χ0v) is 19.6. The number of hydrogen-bond donors (Lipinski definition) is 1. The van der Waals surface area contributed by atoms with Crippen molar-refractivity contribution in [2.24, 2.45) is 11.8 Å². The Morgan fingerprint density at radius 3 is 2.71 bits per heavy atom. The lowest BCUT2D eigenvalue weighted by molar-refractivity contribution is 0.0600. The van der Waals surface area contributed by atoms with Crippen LogP contribution in [-0.2, 0) is 17.8 Å². The van der Waals surface area contributed by atoms with Gasteiger partial charge in [0.25, 0.3) is 0 Å². The zero-order valence-electron chi connectivity index (χ0n) is 19.6. The van der Waals surface area contributed by atoms with Crippen LogP contribution >= 0.6 is 0 Å². The Morgan fingerprint density at radius 1 is 1.12 bits per heavy atom. The number of ether oxygens (including phenoxy) is 2. The molecule has 0 amide bonds. The molecule has 1 aliphatic carbocycles. The molecule has 6 rings (SSSR count). The maximum atomic E-state index is 12.3. The highest BCUT2D eigenvalue weighted by Crippen LogP contribution is 2.38. The van der Waals surface area contributed by atoms with Gasteiger partial charge < -0.3 is 23.9 Å². The molecule has 1 aromatic carbocycles. The predicted molar refractivity (Wildman–Crippen MR) is 130 cm³/mol. The first-order valence-corrected chi connectivity index (χ1v) is 12.0. The summed E-state index contributed by atoms with van der Waals surface area (Å²) in [5, 5.41) is 4.59. The molecule has 8 nitrogen and oxygen atoms in total. The van der Waals surface area contributed by atoms with Gasteiger partial charge in [-0.05, 0) is 74.5 Å². The highest BCUT2D eigenvalue weighted by atomic mass is 16.5. The largest absolute Gasteiger partial charge is 0.494 e. The topological polar surface area (TPSA) is 83.2 Å². The molecule has 1 saturated carbocycles. The predicted octanol–water partition coefficient (Wildman–Crippen LogP) is 3.87. The maximum absolute atomic E-state index is 12.3. The molecular weight excluding hydrogens is 430 g/mol. The lowest BCUT2D eigenvalue weighted by atomic mass is 10.1. The number of fused-ring (bicyclic) bond motifs is 2. The molecule has 3 aromatic heterocycles. The van der Waals surface area contributed by atoms with E-state index in [1.807, 2.05) is 18.3 Å². The average molecular weight is 460 g/mol. The normalized spacial score (nSPS) is 18.1. The molecule has 1 saturated heterocycles. The van der Waals surface area contributed by atoms with Gasteiger partial charge in [-0.25, -0.2) is 14.8 Å². The zero-order chi connectivity index (χ0) is 23.2. The lowest BCUT2D eigenvalue weighted by Gasteiger charge is -2.16. The molecule has 2 aliphatic rings. The third-order valence-electron chi connectivity index (χ3n) is 7.07. The maximum Gasteiger partial charge on any atom is 0.338 e. The number of carbonyl (C=O) groups excluding carboxylic acids is 1. The number of carbonyl (C=O) groups is 1. The van der Waals surface area contributed by atoms with Crippen molar-refractivity contribution in [2.45, 2.75) is 32.4 Å². The Kier molecular flexibility index (Phi) is 5.25. The van der Waals surface area contributed by atoms with Crippen molar-refractivity contribution in [1.29, 1.82) is 0 Å². The molecule has 34 heavy (non-hydrogen) atoms. The first-order chi connectivity index (χ1) is 16.7. The van der Waals surface area contributed by atoms with Crippen molar-refractivity contribution < 1.29 is 14.3 Å². The first-order valence-electron chi connectivity index (χ1n) is 12.0. The first kappa shape index (κ1) is 21.2. The highest BCUT2D eigenvalue weighted by molar-refractivity contribution is 5.97. The fraction of sp³-hybridized carbons (Fsp3) is 0.423. The van der Waals surface area contributed by atoms with Crippen LogP contribution in [0.15, 0.2) is 36.5 Å². The van der Waals surface area contributed by atoms with Gasteiger partial charge in [0, 0.05) is 24.7 Å². The number of benzene rings is 1. The Labute approximate surface area is 197 Å². The van der Waals surface area contributed by atoms with E-state index in [-0.39, 0.29) is 0 Å². The molecule has 4 heterocycles. The second kappa shape index (κ2) is 8.43. The van der Waals surface area contributed by atoms with E-state index in [0.29, 0.717) is 23.1 Å². The monoisotopic (exact) mass is 459 g/mol. The van der Waals surface area contributed by atoms with Crippen LogP contribution in [0.1, 0.15) is 29.6 Å². The van der Waals surface area contributed by atoms with Gasteiger partial charge in [0.2, 0.25) is 0 Å². The summed E-state index contributed by atoms with van der Waals surface area (Å²) in [4.78, 5) is 22.1. The van der Waals surface area contributed by atoms with E-state index in [1.165, 1.54) is 20.0 Å². The van der Waals surface area contributed by atoms with Crippen LogP contribution in [-0.4, -0.2) is 52.4 Å². The summed E-state index contributed by atoms with van der Waals surface area (Å²) < 4.78 is 15.4. The minimum absolute atomic E-state index is 0.400. The van der Waals surface area contributed by atoms with Gasteiger partial charge in [0.1, 0.15) is 16.9 Å². The molecule has 1 N–H and O–H groups in total. The van der Waals surface area contributed by atoms with Crippen molar-refractivity contribution in [1.82, 2.24) is 24.4 Å². The van der Waals surface area contributed by atoms with Crippen LogP contribution in [0, 0.1) is 11.8 Å². The summed E-state index contributed by atoms with van der Waals surface area (Å²) >= 11 is 0. The molecule has 1 atom stereocenters. The van der Waals surface area contributed by atoms with Crippen LogP contribution < -0.4 is 10.1 Å². The van der Waals surface area contributed by atoms with Gasteiger partial charge in [-0.3, -0.25) is 0 Å². The molecule has 176 valence electrons. The Balaban J connectivity index is 1.60. The minimum Gasteiger partial charge on any atom is -0.494 e. The number of nitrogens with one attached hydrogen (secondary N) is 1. The van der Waals surface area contributed by atoms with E-state index in [1.54, 1.807) is 13.2 Å². The van der Waals surface area contributed by atoms with Gasteiger partial charge in [0.05, 0.1) is 31.0 Å². The molecule has 0 bridgehead atoms. The Bertz CT molecular complexity index is 1380. The fourth-order valence-corrected chi connectivity index (χ4v) is 5.14. The van der Waals surface area contributed by atoms with Crippen molar-refractivity contribution in [3.8, 4) is 17.3 Å². The highest BCUT2D eigenvalue weighted by Gasteiger charge is 2.28. The van der Waals surface area contributed by atoms with Crippen LogP contribution in [0.2, 0.25) is 0 Å². The van der Waals surface area contributed by atoms with Crippen molar-refractivity contribution in [3.05, 3.63) is 42.1 Å². The Hall–Kier alpha value is -3.39. The van der Waals surface area contributed by atoms with Gasteiger partial charge in [-0.1, -0.05) is 0 Å². The van der Waals surface area contributed by atoms with Crippen LogP contribution in [0.5, 0.6) is 5.75 Å². The molecule has 8 heteroatoms. The van der Waals surface area contributed by atoms with E-state index in [2.05, 4.69) is 26.6 Å². The molecule has 1 aliphatic heterocycles. The quantitative estimate of drug-likeness (QED) is 0.423. The van der Waals surface area contributed by atoms with Gasteiger partial charge in [0.15, 0.2) is 5.82 Å². The minimum atomic E-state index is -0.400. The van der Waals surface area contributed by atoms with Crippen LogP contribution in [0.25, 0.3) is 33.6 Å². The van der Waals surface area contributed by atoms with E-state index in [0.717, 1.165) is 66.2 Å². The standard InChI is InChI=1S/C26H29N5O3/c1-33-22-12-19(26(32)34-2)10-20-23(22)31(15-17-7-9-27-13-17)25(29-20)21-11-18-4-3-8-28-24(18)30(21)14-16-5-6-16/h3-4,8,10-12,16-17,27H,5-7,9,13-15H2,1-2H3. The SMILES string of the molecule is COC(=O)c1cc(OC)c2c(c1)nc(-c1cc3cccnc3n1CC1CC1)n2CC1CCNC1. The van der Waals surface area contributed by atoms with Crippen LogP contribution in [0.4, 0.5) is 0 Å². The van der Waals surface area contributed by atoms with E-state index in [4.69, 9.17) is 19.4 Å². The number of aromatic nitrogens is 4. The lowest BCUT2D eigenvalue weighted by Crippen LogP contribution is -2.16. The number of esters is 1. The van der Waals surface area contributed by atoms with Crippen molar-refractivity contribution >= 4 is 28.0 Å². The fourth-order valence-electron chi connectivity index (χ4n) is 5.14. The summed E-state index contributed by atoms with van der Waals surface area (Å²) in [7, 11) is 3.03. The summed E-state index contributed by atoms with van der Waals surface area (Å²) in [5.41, 5.74) is 4.13. The number of nitrogens with zero attached hydrogens (tertiary/aromatic N) is 4. The van der Waals surface area contributed by atoms with Gasteiger partial charge in [-0.15, -0.1) is 0 Å². The number of methoxy groups -OCH3 is 2. The number of hydrogen-bond acceptors (Lipinski definition) is 6. The molecule has 4 aromatic rings. The summed E-state index contributed by atoms with van der Waals surface area (Å²) in [6.45, 7) is 3.77. The van der Waals surface area contributed by atoms with E-state index >= 15 is 0 Å². The van der Waals surface area contributed by atoms with Gasteiger partial charge >= 0.3 is 5.97 Å². The third-order valence-corrected chi connectivity index (χ3v) is 7.07. The summed E-state index contributed by atoms with van der Waals surface area (Å²) in [6, 6.07) is 9.85. The average Bonchev–Trinajstić information content (AvgIpc) is 3.24. The Morgan fingerprint density at radius 2 is 1.97 bits per heavy atom. The summed E-state index contributed by atoms with van der Waals surface area (Å²) in [5.74, 6) is 2.31. The van der Waals surface area contributed by atoms with E-state index in [9.17, 15) is 4.79 Å². The second-order valence-corrected chi connectivity index (χ2v) is 9.44. The number of pyridine rings is 1. The smallest absolute Gasteiger partial charge is 0.338 e. The van der Waals surface area contributed by atoms with Gasteiger partial charge in [-0.2, -0.15) is 0 Å². The second-order valence-electron chi connectivity index (χ2n) is 9.44.